The zero-order valence-electron chi connectivity index (χ0n) is 15.0. The second-order valence-electron chi connectivity index (χ2n) is 7.47. The van der Waals surface area contributed by atoms with Gasteiger partial charge >= 0.3 is 0 Å². The first kappa shape index (κ1) is 17.7. The Labute approximate surface area is 157 Å². The van der Waals surface area contributed by atoms with E-state index in [1.807, 2.05) is 6.92 Å². The topological polar surface area (TPSA) is 29.0 Å². The predicted molar refractivity (Wildman–Crippen MR) is 99.6 cm³/mol. The molecule has 2 fully saturated rings. The van der Waals surface area contributed by atoms with Gasteiger partial charge in [0.1, 0.15) is 10.8 Å². The molecule has 1 saturated carbocycles. The lowest BCUT2D eigenvalue weighted by Gasteiger charge is -2.39. The van der Waals surface area contributed by atoms with Gasteiger partial charge in [0, 0.05) is 13.1 Å². The minimum atomic E-state index is -0.841. The second kappa shape index (κ2) is 7.14. The molecule has 6 heteroatoms. The van der Waals surface area contributed by atoms with Gasteiger partial charge < -0.3 is 4.90 Å². The van der Waals surface area contributed by atoms with Crippen LogP contribution in [0.4, 0.5) is 14.6 Å². The first-order chi connectivity index (χ1) is 12.6. The molecular weight excluding hydrogens is 352 g/mol. The molecule has 2 heterocycles. The molecule has 1 aliphatic carbocycles. The number of hydrogen-bond donors (Lipinski definition) is 0. The third-order valence-corrected chi connectivity index (χ3v) is 6.95. The Morgan fingerprint density at radius 2 is 1.81 bits per heavy atom. The van der Waals surface area contributed by atoms with Gasteiger partial charge in [-0.05, 0) is 50.2 Å². The zero-order chi connectivity index (χ0) is 18.1. The Hall–Kier alpha value is -1.69. The van der Waals surface area contributed by atoms with Crippen LogP contribution >= 0.6 is 11.8 Å². The number of benzene rings is 1. The number of aryl methyl sites for hydroxylation is 1. The number of halogens is 2. The van der Waals surface area contributed by atoms with Gasteiger partial charge in [-0.3, -0.25) is 0 Å². The molecule has 0 unspecified atom stereocenters. The average Bonchev–Trinajstić information content (AvgIpc) is 3.09. The molecule has 1 saturated heterocycles. The SMILES string of the molecule is Cc1nc(N2CCC3(CCCC3)CC2)cnc1Sc1cccc(F)c1F. The van der Waals surface area contributed by atoms with Crippen LogP contribution in [0, 0.1) is 24.0 Å². The Kier molecular flexibility index (Phi) is 4.86. The van der Waals surface area contributed by atoms with Crippen LogP contribution in [0.5, 0.6) is 0 Å². The lowest BCUT2D eigenvalue weighted by Crippen LogP contribution is -2.39. The molecule has 4 rings (SSSR count). The van der Waals surface area contributed by atoms with Crippen molar-refractivity contribution in [1.82, 2.24) is 9.97 Å². The first-order valence-electron chi connectivity index (χ1n) is 9.27. The number of anilines is 1. The summed E-state index contributed by atoms with van der Waals surface area (Å²) in [6.45, 7) is 3.93. The normalized spacial score (nSPS) is 19.3. The van der Waals surface area contributed by atoms with Gasteiger partial charge in [-0.2, -0.15) is 0 Å². The van der Waals surface area contributed by atoms with Crippen molar-refractivity contribution in [3.63, 3.8) is 0 Å². The summed E-state index contributed by atoms with van der Waals surface area (Å²) in [5.41, 5.74) is 1.32. The molecule has 2 aromatic rings. The molecule has 1 aromatic heterocycles. The van der Waals surface area contributed by atoms with Crippen LogP contribution in [-0.4, -0.2) is 23.1 Å². The third-order valence-electron chi connectivity index (χ3n) is 5.82. The van der Waals surface area contributed by atoms with E-state index >= 15 is 0 Å². The minimum Gasteiger partial charge on any atom is -0.355 e. The van der Waals surface area contributed by atoms with Crippen molar-refractivity contribution in [1.29, 1.82) is 0 Å². The lowest BCUT2D eigenvalue weighted by atomic mass is 9.77. The van der Waals surface area contributed by atoms with Crippen molar-refractivity contribution < 1.29 is 8.78 Å². The summed E-state index contributed by atoms with van der Waals surface area (Å²) in [6, 6.07) is 4.18. The molecule has 26 heavy (non-hydrogen) atoms. The number of piperidine rings is 1. The van der Waals surface area contributed by atoms with Gasteiger partial charge in [0.25, 0.3) is 0 Å². The number of nitrogens with zero attached hydrogens (tertiary/aromatic N) is 3. The van der Waals surface area contributed by atoms with E-state index in [9.17, 15) is 8.78 Å². The Morgan fingerprint density at radius 3 is 2.50 bits per heavy atom. The van der Waals surface area contributed by atoms with Gasteiger partial charge in [0.15, 0.2) is 11.6 Å². The third kappa shape index (κ3) is 3.43. The van der Waals surface area contributed by atoms with Crippen LogP contribution in [0.25, 0.3) is 0 Å². The Balaban J connectivity index is 1.47. The van der Waals surface area contributed by atoms with Crippen LogP contribution in [0.15, 0.2) is 34.3 Å². The highest BCUT2D eigenvalue weighted by molar-refractivity contribution is 7.99. The van der Waals surface area contributed by atoms with Gasteiger partial charge in [-0.1, -0.05) is 30.7 Å². The smallest absolute Gasteiger partial charge is 0.172 e. The summed E-state index contributed by atoms with van der Waals surface area (Å²) < 4.78 is 27.3. The van der Waals surface area contributed by atoms with Gasteiger partial charge in [-0.25, -0.2) is 18.7 Å². The average molecular weight is 375 g/mol. The van der Waals surface area contributed by atoms with E-state index < -0.39 is 11.6 Å². The summed E-state index contributed by atoms with van der Waals surface area (Å²) in [5.74, 6) is -0.786. The van der Waals surface area contributed by atoms with Gasteiger partial charge in [0.2, 0.25) is 0 Å². The fourth-order valence-corrected chi connectivity index (χ4v) is 5.05. The van der Waals surface area contributed by atoms with Crippen molar-refractivity contribution in [2.75, 3.05) is 18.0 Å². The van der Waals surface area contributed by atoms with Crippen molar-refractivity contribution in [3.05, 3.63) is 41.7 Å². The van der Waals surface area contributed by atoms with Crippen LogP contribution < -0.4 is 4.90 Å². The van der Waals surface area contributed by atoms with E-state index in [-0.39, 0.29) is 4.90 Å². The first-order valence-corrected chi connectivity index (χ1v) is 10.1. The number of rotatable bonds is 3. The molecule has 0 radical (unpaired) electrons. The molecule has 1 aromatic carbocycles. The molecule has 0 bridgehead atoms. The molecule has 0 N–H and O–H groups in total. The molecule has 3 nitrogen and oxygen atoms in total. The van der Waals surface area contributed by atoms with Crippen molar-refractivity contribution in [2.45, 2.75) is 55.4 Å². The highest BCUT2D eigenvalue weighted by Gasteiger charge is 2.37. The van der Waals surface area contributed by atoms with Crippen LogP contribution in [0.3, 0.4) is 0 Å². The van der Waals surface area contributed by atoms with Crippen LogP contribution in [0.1, 0.15) is 44.2 Å². The fourth-order valence-electron chi connectivity index (χ4n) is 4.21. The maximum absolute atomic E-state index is 13.9. The summed E-state index contributed by atoms with van der Waals surface area (Å²) in [7, 11) is 0. The van der Waals surface area contributed by atoms with E-state index in [1.165, 1.54) is 44.6 Å². The standard InChI is InChI=1S/C20H23F2N3S/c1-14-19(26-16-6-4-5-15(21)18(16)22)23-13-17(24-14)25-11-9-20(10-12-25)7-2-3-8-20/h4-6,13H,2-3,7-12H2,1H3. The zero-order valence-corrected chi connectivity index (χ0v) is 15.8. The number of aromatic nitrogens is 2. The molecule has 0 atom stereocenters. The molecule has 1 aliphatic heterocycles. The highest BCUT2D eigenvalue weighted by atomic mass is 32.2. The van der Waals surface area contributed by atoms with Crippen LogP contribution in [-0.2, 0) is 0 Å². The van der Waals surface area contributed by atoms with E-state index in [0.717, 1.165) is 42.4 Å². The summed E-state index contributed by atoms with van der Waals surface area (Å²) in [6.07, 6.45) is 9.74. The maximum atomic E-state index is 13.9. The van der Waals surface area contributed by atoms with Crippen molar-refractivity contribution >= 4 is 17.6 Å². The summed E-state index contributed by atoms with van der Waals surface area (Å²) in [4.78, 5) is 11.7. The molecule has 2 aliphatic rings. The monoisotopic (exact) mass is 375 g/mol. The fraction of sp³-hybridized carbons (Fsp3) is 0.500. The second-order valence-corrected chi connectivity index (χ2v) is 8.50. The van der Waals surface area contributed by atoms with E-state index in [2.05, 4.69) is 14.9 Å². The van der Waals surface area contributed by atoms with Crippen molar-refractivity contribution in [3.8, 4) is 0 Å². The summed E-state index contributed by atoms with van der Waals surface area (Å²) >= 11 is 1.12. The Morgan fingerprint density at radius 1 is 1.08 bits per heavy atom. The van der Waals surface area contributed by atoms with Crippen molar-refractivity contribution in [2.24, 2.45) is 5.41 Å². The lowest BCUT2D eigenvalue weighted by molar-refractivity contribution is 0.226. The van der Waals surface area contributed by atoms with Crippen LogP contribution in [0.2, 0.25) is 0 Å². The molecular formula is C20H23F2N3S. The highest BCUT2D eigenvalue weighted by Crippen LogP contribution is 2.46. The molecule has 138 valence electrons. The molecule has 1 spiro atoms. The Bertz CT molecular complexity index is 796. The molecule has 0 amide bonds. The number of hydrogen-bond acceptors (Lipinski definition) is 4. The van der Waals surface area contributed by atoms with E-state index in [0.29, 0.717) is 10.4 Å². The van der Waals surface area contributed by atoms with Gasteiger partial charge in [-0.15, -0.1) is 0 Å². The van der Waals surface area contributed by atoms with E-state index in [1.54, 1.807) is 12.3 Å². The van der Waals surface area contributed by atoms with Gasteiger partial charge in [0.05, 0.1) is 16.8 Å². The quantitative estimate of drug-likeness (QED) is 0.721. The predicted octanol–water partition coefficient (Wildman–Crippen LogP) is 5.38. The maximum Gasteiger partial charge on any atom is 0.172 e. The minimum absolute atomic E-state index is 0.233. The largest absolute Gasteiger partial charge is 0.355 e. The van der Waals surface area contributed by atoms with E-state index in [4.69, 9.17) is 0 Å². The summed E-state index contributed by atoms with van der Waals surface area (Å²) in [5, 5.41) is 0.613.